The van der Waals surface area contributed by atoms with Gasteiger partial charge in [-0.25, -0.2) is 9.37 Å². The number of halogens is 2. The zero-order chi connectivity index (χ0) is 16.9. The lowest BCUT2D eigenvalue weighted by Gasteiger charge is -2.11. The lowest BCUT2D eigenvalue weighted by atomic mass is 10.0. The predicted molar refractivity (Wildman–Crippen MR) is 95.3 cm³/mol. The van der Waals surface area contributed by atoms with Crippen molar-refractivity contribution in [2.45, 2.75) is 13.0 Å². The molecule has 1 aromatic heterocycles. The Kier molecular flexibility index (Phi) is 5.23. The maximum atomic E-state index is 13.6. The Hall–Kier alpha value is -2.24. The van der Waals surface area contributed by atoms with Gasteiger partial charge in [0.2, 0.25) is 0 Å². The van der Waals surface area contributed by atoms with Crippen LogP contribution in [0, 0.1) is 5.82 Å². The van der Waals surface area contributed by atoms with Crippen molar-refractivity contribution < 1.29 is 9.18 Å². The third kappa shape index (κ3) is 4.19. The Bertz CT molecular complexity index is 851. The van der Waals surface area contributed by atoms with Crippen LogP contribution in [0.1, 0.15) is 20.8 Å². The summed E-state index contributed by atoms with van der Waals surface area (Å²) in [5.41, 5.74) is 1.84. The molecule has 3 aromatic rings. The number of benzene rings is 2. The van der Waals surface area contributed by atoms with Crippen LogP contribution >= 0.6 is 22.9 Å². The summed E-state index contributed by atoms with van der Waals surface area (Å²) in [6.45, 7) is 0.474. The molecule has 24 heavy (non-hydrogen) atoms. The van der Waals surface area contributed by atoms with E-state index in [1.165, 1.54) is 23.5 Å². The summed E-state index contributed by atoms with van der Waals surface area (Å²) < 4.78 is 14.1. The highest BCUT2D eigenvalue weighted by Gasteiger charge is 2.14. The second kappa shape index (κ2) is 7.55. The highest BCUT2D eigenvalue weighted by atomic mass is 35.5. The van der Waals surface area contributed by atoms with Crippen LogP contribution in [-0.4, -0.2) is 10.8 Å². The number of hydrogen-bond acceptors (Lipinski definition) is 4. The number of Topliss-reactive ketones (excluding diaryl/α,β-unsaturated/α-hetero) is 1. The third-order valence-electron chi connectivity index (χ3n) is 3.47. The summed E-state index contributed by atoms with van der Waals surface area (Å²) in [7, 11) is 0. The molecule has 122 valence electrons. The molecule has 0 aliphatic rings. The molecule has 0 fully saturated rings. The van der Waals surface area contributed by atoms with Gasteiger partial charge < -0.3 is 5.32 Å². The molecule has 0 atom stereocenters. The molecule has 6 heteroatoms. The summed E-state index contributed by atoms with van der Waals surface area (Å²) in [4.78, 5) is 17.5. The molecule has 0 radical (unpaired) electrons. The molecule has 3 rings (SSSR count). The first-order valence-corrected chi connectivity index (χ1v) is 8.52. The zero-order valence-electron chi connectivity index (χ0n) is 12.6. The van der Waals surface area contributed by atoms with Gasteiger partial charge in [-0.2, -0.15) is 0 Å². The van der Waals surface area contributed by atoms with Crippen molar-refractivity contribution in [3.8, 4) is 0 Å². The predicted octanol–water partition coefficient (Wildman–Crippen LogP) is 4.97. The number of carbonyl (C=O) groups excluding carboxylic acids is 1. The molecule has 1 heterocycles. The maximum absolute atomic E-state index is 13.6. The number of ketones is 1. The third-order valence-corrected chi connectivity index (χ3v) is 4.58. The molecular formula is C18H14ClFN2OS. The van der Waals surface area contributed by atoms with Crippen LogP contribution in [0.3, 0.4) is 0 Å². The largest absolute Gasteiger partial charge is 0.379 e. The Morgan fingerprint density at radius 3 is 2.71 bits per heavy atom. The minimum absolute atomic E-state index is 0.134. The average molecular weight is 361 g/mol. The summed E-state index contributed by atoms with van der Waals surface area (Å²) in [6, 6.07) is 13.6. The fourth-order valence-electron chi connectivity index (χ4n) is 2.33. The van der Waals surface area contributed by atoms with E-state index in [9.17, 15) is 9.18 Å². The molecule has 0 saturated carbocycles. The van der Waals surface area contributed by atoms with Crippen molar-refractivity contribution in [1.29, 1.82) is 0 Å². The molecular weight excluding hydrogens is 347 g/mol. The van der Waals surface area contributed by atoms with Gasteiger partial charge in [0, 0.05) is 28.7 Å². The molecule has 0 unspecified atom stereocenters. The maximum Gasteiger partial charge on any atom is 0.183 e. The van der Waals surface area contributed by atoms with Gasteiger partial charge in [-0.05, 0) is 23.8 Å². The van der Waals surface area contributed by atoms with Crippen LogP contribution in [0.25, 0.3) is 0 Å². The number of anilines is 1. The van der Waals surface area contributed by atoms with Gasteiger partial charge in [-0.1, -0.05) is 41.9 Å². The Morgan fingerprint density at radius 1 is 1.21 bits per heavy atom. The number of rotatable bonds is 6. The minimum Gasteiger partial charge on any atom is -0.379 e. The zero-order valence-corrected chi connectivity index (χ0v) is 14.2. The van der Waals surface area contributed by atoms with Gasteiger partial charge in [-0.3, -0.25) is 4.79 Å². The van der Waals surface area contributed by atoms with Crippen LogP contribution in [0.2, 0.25) is 4.47 Å². The Morgan fingerprint density at radius 2 is 2.00 bits per heavy atom. The van der Waals surface area contributed by atoms with Crippen molar-refractivity contribution in [1.82, 2.24) is 4.98 Å². The van der Waals surface area contributed by atoms with E-state index in [0.717, 1.165) is 10.4 Å². The van der Waals surface area contributed by atoms with Crippen molar-refractivity contribution in [3.63, 3.8) is 0 Å². The van der Waals surface area contributed by atoms with E-state index in [1.54, 1.807) is 12.3 Å². The summed E-state index contributed by atoms with van der Waals surface area (Å²) in [5.74, 6) is -0.566. The molecule has 0 bridgehead atoms. The van der Waals surface area contributed by atoms with E-state index in [1.807, 2.05) is 30.3 Å². The number of thiazole rings is 1. The van der Waals surface area contributed by atoms with Gasteiger partial charge in [0.15, 0.2) is 10.3 Å². The highest BCUT2D eigenvalue weighted by molar-refractivity contribution is 7.15. The number of aromatic nitrogens is 1. The number of carbonyl (C=O) groups is 1. The molecule has 0 amide bonds. The van der Waals surface area contributed by atoms with Gasteiger partial charge in [0.25, 0.3) is 0 Å². The first-order chi connectivity index (χ1) is 11.6. The normalized spacial score (nSPS) is 10.6. The molecule has 3 nitrogen and oxygen atoms in total. The van der Waals surface area contributed by atoms with Gasteiger partial charge in [0.1, 0.15) is 5.82 Å². The van der Waals surface area contributed by atoms with Crippen molar-refractivity contribution in [2.75, 3.05) is 5.32 Å². The lowest BCUT2D eigenvalue weighted by Crippen LogP contribution is -2.09. The van der Waals surface area contributed by atoms with Crippen LogP contribution in [0.5, 0.6) is 0 Å². The SMILES string of the molecule is O=C(Cc1ccccc1)c1cc(F)ccc1NCc1cnc(Cl)s1. The van der Waals surface area contributed by atoms with Crippen molar-refractivity contribution >= 4 is 34.4 Å². The summed E-state index contributed by atoms with van der Waals surface area (Å²) in [6.07, 6.45) is 1.90. The monoisotopic (exact) mass is 360 g/mol. The Labute approximate surface area is 148 Å². The lowest BCUT2D eigenvalue weighted by molar-refractivity contribution is 0.0993. The topological polar surface area (TPSA) is 42.0 Å². The molecule has 1 N–H and O–H groups in total. The molecule has 0 aliphatic heterocycles. The van der Waals surface area contributed by atoms with Crippen molar-refractivity contribution in [3.05, 3.63) is 81.0 Å². The quantitative estimate of drug-likeness (QED) is 0.631. The molecule has 0 spiro atoms. The second-order valence-corrected chi connectivity index (χ2v) is 6.91. The smallest absolute Gasteiger partial charge is 0.183 e. The fourth-order valence-corrected chi connectivity index (χ4v) is 3.24. The van der Waals surface area contributed by atoms with E-state index in [2.05, 4.69) is 10.3 Å². The van der Waals surface area contributed by atoms with E-state index in [0.29, 0.717) is 22.3 Å². The average Bonchev–Trinajstić information content (AvgIpc) is 3.00. The highest BCUT2D eigenvalue weighted by Crippen LogP contribution is 2.23. The standard InChI is InChI=1S/C18H14ClFN2OS/c19-18-22-11-14(24-18)10-21-16-7-6-13(20)9-15(16)17(23)8-12-4-2-1-3-5-12/h1-7,9,11,21H,8,10H2. The van der Waals surface area contributed by atoms with E-state index in [-0.39, 0.29) is 12.2 Å². The van der Waals surface area contributed by atoms with Crippen LogP contribution in [0.15, 0.2) is 54.7 Å². The van der Waals surface area contributed by atoms with Gasteiger partial charge in [0.05, 0.1) is 6.54 Å². The molecule has 0 aliphatic carbocycles. The van der Waals surface area contributed by atoms with E-state index < -0.39 is 5.82 Å². The number of hydrogen-bond donors (Lipinski definition) is 1. The summed E-state index contributed by atoms with van der Waals surface area (Å²) >= 11 is 7.17. The minimum atomic E-state index is -0.433. The first kappa shape index (κ1) is 16.6. The van der Waals surface area contributed by atoms with Crippen LogP contribution < -0.4 is 5.32 Å². The van der Waals surface area contributed by atoms with E-state index >= 15 is 0 Å². The fraction of sp³-hybridized carbons (Fsp3) is 0.111. The summed E-state index contributed by atoms with van der Waals surface area (Å²) in [5, 5.41) is 3.16. The molecule has 2 aromatic carbocycles. The van der Waals surface area contributed by atoms with Crippen molar-refractivity contribution in [2.24, 2.45) is 0 Å². The number of nitrogens with zero attached hydrogens (tertiary/aromatic N) is 1. The first-order valence-electron chi connectivity index (χ1n) is 7.32. The second-order valence-electron chi connectivity index (χ2n) is 5.21. The Balaban J connectivity index is 1.78. The molecule has 0 saturated heterocycles. The van der Waals surface area contributed by atoms with E-state index in [4.69, 9.17) is 11.6 Å². The van der Waals surface area contributed by atoms with Gasteiger partial charge >= 0.3 is 0 Å². The van der Waals surface area contributed by atoms with Gasteiger partial charge in [-0.15, -0.1) is 11.3 Å². The van der Waals surface area contributed by atoms with Crippen LogP contribution in [-0.2, 0) is 13.0 Å². The number of nitrogens with one attached hydrogen (secondary N) is 1. The van der Waals surface area contributed by atoms with Crippen LogP contribution in [0.4, 0.5) is 10.1 Å².